The van der Waals surface area contributed by atoms with E-state index in [2.05, 4.69) is 21.3 Å². The molecule has 0 heterocycles. The third kappa shape index (κ3) is 11.7. The highest BCUT2D eigenvalue weighted by Crippen LogP contribution is 2.41. The predicted octanol–water partition coefficient (Wildman–Crippen LogP) is 10.0. The molecule has 0 saturated heterocycles. The molecule has 0 radical (unpaired) electrons. The summed E-state index contributed by atoms with van der Waals surface area (Å²) in [7, 11) is 2.75. The summed E-state index contributed by atoms with van der Waals surface area (Å²) < 4.78 is 173. The summed E-state index contributed by atoms with van der Waals surface area (Å²) >= 11 is 0. The normalized spacial score (nSPS) is 12.8. The van der Waals surface area contributed by atoms with Gasteiger partial charge >= 0.3 is 30.7 Å². The number of nitrogens with one attached hydrogen (secondary N) is 4. The van der Waals surface area contributed by atoms with Gasteiger partial charge in [-0.15, -0.1) is 0 Å². The van der Waals surface area contributed by atoms with E-state index in [1.165, 1.54) is 67.6 Å². The van der Waals surface area contributed by atoms with Crippen molar-refractivity contribution in [3.8, 4) is 0 Å². The largest absolute Gasteiger partial charge is 0.416 e. The fourth-order valence-corrected chi connectivity index (χ4v) is 6.66. The Bertz CT molecular complexity index is 2960. The summed E-state index contributed by atoms with van der Waals surface area (Å²) in [5.41, 5.74) is -15.3. The lowest BCUT2D eigenvalue weighted by Gasteiger charge is -2.31. The van der Waals surface area contributed by atoms with Crippen LogP contribution >= 0.6 is 0 Å². The summed E-state index contributed by atoms with van der Waals surface area (Å²) in [6.45, 7) is 1.69. The number of urea groups is 1. The number of amides is 2. The molecule has 6 aromatic carbocycles. The van der Waals surface area contributed by atoms with Crippen molar-refractivity contribution in [3.05, 3.63) is 148 Å². The molecule has 1 atom stereocenters. The topological polar surface area (TPSA) is 158 Å². The summed E-state index contributed by atoms with van der Waals surface area (Å²) in [5, 5.41) is 9.57. The van der Waals surface area contributed by atoms with Gasteiger partial charge in [0, 0.05) is 48.3 Å². The maximum Gasteiger partial charge on any atom is 0.416 e. The van der Waals surface area contributed by atoms with Crippen molar-refractivity contribution in [3.63, 3.8) is 0 Å². The highest BCUT2D eigenvalue weighted by molar-refractivity contribution is 6.04. The van der Waals surface area contributed by atoms with Gasteiger partial charge in [0.25, 0.3) is 21.7 Å². The van der Waals surface area contributed by atoms with Crippen molar-refractivity contribution in [1.29, 1.82) is 0 Å². The molecule has 13 nitrogen and oxygen atoms in total. The first-order chi connectivity index (χ1) is 32.1. The lowest BCUT2D eigenvalue weighted by molar-refractivity contribution is -0.144. The van der Waals surface area contributed by atoms with E-state index >= 15 is 0 Å². The first kappa shape index (κ1) is 51.0. The van der Waals surface area contributed by atoms with Gasteiger partial charge in [0.15, 0.2) is 0 Å². The lowest BCUT2D eigenvalue weighted by atomic mass is 10.1. The maximum absolute atomic E-state index is 14.4. The number of methoxy groups -OCH3 is 1. The van der Waals surface area contributed by atoms with Gasteiger partial charge in [-0.25, -0.2) is 4.79 Å². The van der Waals surface area contributed by atoms with Crippen LogP contribution in [0.25, 0.3) is 0 Å². The van der Waals surface area contributed by atoms with Gasteiger partial charge in [-0.2, -0.15) is 52.7 Å². The van der Waals surface area contributed by atoms with E-state index in [4.69, 9.17) is 9.47 Å². The molecule has 0 fully saturated rings. The predicted molar refractivity (Wildman–Crippen MR) is 230 cm³/mol. The minimum absolute atomic E-state index is 0.0134. The van der Waals surface area contributed by atoms with E-state index in [0.717, 1.165) is 4.90 Å². The second-order valence-electron chi connectivity index (χ2n) is 15.1. The monoisotopic (exact) mass is 986 g/mol. The maximum atomic E-state index is 14.4. The number of ether oxygens (including phenoxy) is 2. The molecule has 6 rings (SSSR count). The molecular formula is C44H34F12N6O7. The fraction of sp³-hybridized carbons (Fsp3) is 0.250. The molecule has 69 heavy (non-hydrogen) atoms. The molecule has 0 aliphatic rings. The van der Waals surface area contributed by atoms with Gasteiger partial charge in [-0.3, -0.25) is 29.0 Å². The molecule has 0 bridgehead atoms. The minimum Gasteiger partial charge on any atom is -0.382 e. The third-order valence-electron chi connectivity index (χ3n) is 10.1. The van der Waals surface area contributed by atoms with Crippen molar-refractivity contribution < 1.29 is 67.0 Å². The van der Waals surface area contributed by atoms with Crippen LogP contribution in [-0.4, -0.2) is 46.1 Å². The molecule has 4 N–H and O–H groups in total. The zero-order valence-electron chi connectivity index (χ0n) is 35.6. The zero-order chi connectivity index (χ0) is 51.0. The molecule has 366 valence electrons. The Morgan fingerprint density at radius 3 is 1.23 bits per heavy atom. The van der Waals surface area contributed by atoms with Gasteiger partial charge in [-0.05, 0) is 79.7 Å². The standard InChI is InChI=1S/C44H34F12N6O7/c1-21(69-11-10-68-3)20-62(31-9-5-7-27(19-31)58-33-35(39(66)37(33)64)60-29-16-24(43(51,52)53)13-25(17-29)44(54,55)56)40(67)61(2)30-8-4-6-26(18-30)57-32-34(38(65)36(32)63)59-28-14-22(41(45,46)47)12-23(15-28)42(48,49)50/h4-9,12-19,21,57-60H,10-11,20H2,1-3H3/t21-/m1/s1. The lowest BCUT2D eigenvalue weighted by Crippen LogP contribution is -2.45. The van der Waals surface area contributed by atoms with Crippen LogP contribution in [0.4, 0.5) is 114 Å². The van der Waals surface area contributed by atoms with Crippen LogP contribution in [0.1, 0.15) is 29.2 Å². The van der Waals surface area contributed by atoms with Crippen LogP contribution in [-0.2, 0) is 34.2 Å². The van der Waals surface area contributed by atoms with Crippen molar-refractivity contribution in [2.75, 3.05) is 65.0 Å². The molecule has 25 heteroatoms. The van der Waals surface area contributed by atoms with Crippen LogP contribution in [0.2, 0.25) is 0 Å². The molecule has 2 amide bonds. The van der Waals surface area contributed by atoms with E-state index in [0.29, 0.717) is 24.3 Å². The first-order valence-corrected chi connectivity index (χ1v) is 19.8. The number of rotatable bonds is 16. The highest BCUT2D eigenvalue weighted by atomic mass is 19.4. The van der Waals surface area contributed by atoms with Gasteiger partial charge in [0.1, 0.15) is 22.7 Å². The number of anilines is 10. The van der Waals surface area contributed by atoms with E-state index < -0.39 is 115 Å². The highest BCUT2D eigenvalue weighted by Gasteiger charge is 2.39. The number of alkyl halides is 12. The Labute approximate surface area is 380 Å². The number of nitrogens with zero attached hydrogens (tertiary/aromatic N) is 2. The molecule has 6 aromatic rings. The minimum atomic E-state index is -5.21. The van der Waals surface area contributed by atoms with Crippen molar-refractivity contribution in [1.82, 2.24) is 0 Å². The fourth-order valence-electron chi connectivity index (χ4n) is 6.66. The van der Waals surface area contributed by atoms with Crippen LogP contribution in [0.3, 0.4) is 0 Å². The Hall–Kier alpha value is -7.41. The van der Waals surface area contributed by atoms with Gasteiger partial charge in [0.2, 0.25) is 0 Å². The number of hydrogen-bond donors (Lipinski definition) is 4. The molecule has 0 aliphatic heterocycles. The Kier molecular flexibility index (Phi) is 14.3. The molecule has 0 aromatic heterocycles. The van der Waals surface area contributed by atoms with Crippen molar-refractivity contribution in [2.45, 2.75) is 37.7 Å². The van der Waals surface area contributed by atoms with Crippen molar-refractivity contribution >= 4 is 62.9 Å². The summed E-state index contributed by atoms with van der Waals surface area (Å²) in [6, 6.07) is 11.3. The van der Waals surface area contributed by atoms with E-state index in [1.54, 1.807) is 6.92 Å². The van der Waals surface area contributed by atoms with E-state index in [9.17, 15) is 76.7 Å². The third-order valence-corrected chi connectivity index (χ3v) is 10.1. The van der Waals surface area contributed by atoms with E-state index in [-0.39, 0.29) is 54.6 Å². The van der Waals surface area contributed by atoms with Crippen LogP contribution in [0, 0.1) is 0 Å². The van der Waals surface area contributed by atoms with Crippen molar-refractivity contribution in [2.24, 2.45) is 0 Å². The number of benzene rings is 4. The van der Waals surface area contributed by atoms with Gasteiger partial charge < -0.3 is 30.7 Å². The van der Waals surface area contributed by atoms with Gasteiger partial charge in [0.05, 0.1) is 48.1 Å². The summed E-state index contributed by atoms with van der Waals surface area (Å²) in [4.78, 5) is 67.2. The molecule has 0 saturated carbocycles. The molecular weight excluding hydrogens is 952 g/mol. The second kappa shape index (κ2) is 19.3. The SMILES string of the molecule is COCCO[C@H](C)CN(C(=O)N(C)c1cccc(Nc2c(Nc3cc(C(F)(F)F)cc(C(F)(F)F)c3)c(=O)c2=O)c1)c1cccc(Nc2c(Nc3cc(C(F)(F)F)cc(C(F)(F)F)c3)c(=O)c2=O)c1. The Morgan fingerprint density at radius 2 is 0.870 bits per heavy atom. The Morgan fingerprint density at radius 1 is 0.522 bits per heavy atom. The number of hydrogen-bond acceptors (Lipinski definition) is 11. The van der Waals surface area contributed by atoms with Crippen LogP contribution in [0.5, 0.6) is 0 Å². The smallest absolute Gasteiger partial charge is 0.382 e. The van der Waals surface area contributed by atoms with Crippen LogP contribution < -0.4 is 52.8 Å². The summed E-state index contributed by atoms with van der Waals surface area (Å²) in [5.74, 6) is 0. The Balaban J connectivity index is 1.27. The average Bonchev–Trinajstić information content (AvgIpc) is 3.28. The zero-order valence-corrected chi connectivity index (χ0v) is 35.6. The van der Waals surface area contributed by atoms with Gasteiger partial charge in [-0.1, -0.05) is 12.1 Å². The first-order valence-electron chi connectivity index (χ1n) is 19.8. The number of halogens is 12. The molecule has 0 aliphatic carbocycles. The van der Waals surface area contributed by atoms with E-state index in [1.807, 2.05) is 0 Å². The molecule has 0 unspecified atom stereocenters. The van der Waals surface area contributed by atoms with Crippen LogP contribution in [0.15, 0.2) is 104 Å². The quantitative estimate of drug-likeness (QED) is 0.0416. The summed E-state index contributed by atoms with van der Waals surface area (Å²) in [6.07, 6.45) is -21.6. The number of carbonyl (C=O) groups is 1. The second-order valence-corrected chi connectivity index (χ2v) is 15.1. The number of carbonyl (C=O) groups excluding carboxylic acids is 1. The molecule has 0 spiro atoms. The average molecular weight is 987 g/mol.